The topological polar surface area (TPSA) is 92.9 Å². The van der Waals surface area contributed by atoms with Crippen molar-refractivity contribution in [1.82, 2.24) is 15.5 Å². The van der Waals surface area contributed by atoms with Gasteiger partial charge in [-0.2, -0.15) is 0 Å². The maximum atomic E-state index is 11.5. The van der Waals surface area contributed by atoms with Crippen LogP contribution in [0.1, 0.15) is 36.7 Å². The van der Waals surface area contributed by atoms with E-state index in [0.717, 1.165) is 19.3 Å². The minimum Gasteiger partial charge on any atom is -0.364 e. The lowest BCUT2D eigenvalue weighted by molar-refractivity contribution is 0.0950. The van der Waals surface area contributed by atoms with Gasteiger partial charge < -0.3 is 16.4 Å². The van der Waals surface area contributed by atoms with Crippen molar-refractivity contribution >= 4 is 11.7 Å². The van der Waals surface area contributed by atoms with Gasteiger partial charge in [-0.3, -0.25) is 4.79 Å². The smallest absolute Gasteiger partial charge is 0.271 e. The molecule has 1 heterocycles. The molecule has 1 aliphatic rings. The van der Waals surface area contributed by atoms with E-state index >= 15 is 0 Å². The molecule has 2 atom stereocenters. The Kier molecular flexibility index (Phi) is 4.09. The van der Waals surface area contributed by atoms with Crippen molar-refractivity contribution in [3.63, 3.8) is 0 Å². The molecule has 4 N–H and O–H groups in total. The van der Waals surface area contributed by atoms with Gasteiger partial charge in [0.2, 0.25) is 0 Å². The van der Waals surface area contributed by atoms with Crippen molar-refractivity contribution in [1.29, 1.82) is 0 Å². The highest BCUT2D eigenvalue weighted by atomic mass is 16.1. The first-order chi connectivity index (χ1) is 8.70. The Morgan fingerprint density at radius 2 is 2.28 bits per heavy atom. The Morgan fingerprint density at radius 1 is 1.44 bits per heavy atom. The van der Waals surface area contributed by atoms with Crippen molar-refractivity contribution in [3.8, 4) is 0 Å². The van der Waals surface area contributed by atoms with E-state index in [9.17, 15) is 4.79 Å². The molecule has 0 saturated heterocycles. The standard InChI is InChI=1S/C12H19N5O/c1-2-14-12(18)10-6-7-11(17-16-10)15-9-5-3-4-8(9)13/h6-9H,2-5,13H2,1H3,(H,14,18)(H,15,17). The first kappa shape index (κ1) is 12.8. The molecule has 6 heteroatoms. The zero-order valence-corrected chi connectivity index (χ0v) is 10.5. The average molecular weight is 249 g/mol. The molecule has 1 amide bonds. The summed E-state index contributed by atoms with van der Waals surface area (Å²) in [6.45, 7) is 2.44. The highest BCUT2D eigenvalue weighted by molar-refractivity contribution is 5.92. The summed E-state index contributed by atoms with van der Waals surface area (Å²) in [6, 6.07) is 3.87. The van der Waals surface area contributed by atoms with Crippen molar-refractivity contribution in [2.24, 2.45) is 5.73 Å². The van der Waals surface area contributed by atoms with E-state index in [2.05, 4.69) is 20.8 Å². The fraction of sp³-hybridized carbons (Fsp3) is 0.583. The van der Waals surface area contributed by atoms with E-state index in [0.29, 0.717) is 18.1 Å². The highest BCUT2D eigenvalue weighted by Crippen LogP contribution is 2.20. The normalized spacial score (nSPS) is 22.8. The van der Waals surface area contributed by atoms with Gasteiger partial charge >= 0.3 is 0 Å². The number of carbonyl (C=O) groups is 1. The molecule has 1 aromatic rings. The molecule has 98 valence electrons. The van der Waals surface area contributed by atoms with Crippen molar-refractivity contribution in [3.05, 3.63) is 17.8 Å². The van der Waals surface area contributed by atoms with Crippen LogP contribution in [0.15, 0.2) is 12.1 Å². The summed E-state index contributed by atoms with van der Waals surface area (Å²) in [5, 5.41) is 13.8. The number of nitrogens with one attached hydrogen (secondary N) is 2. The monoisotopic (exact) mass is 249 g/mol. The van der Waals surface area contributed by atoms with Gasteiger partial charge in [-0.15, -0.1) is 10.2 Å². The third-order valence-corrected chi connectivity index (χ3v) is 3.14. The minimum absolute atomic E-state index is 0.176. The molecular weight excluding hydrogens is 230 g/mol. The lowest BCUT2D eigenvalue weighted by atomic mass is 10.2. The molecule has 0 spiro atoms. The Bertz CT molecular complexity index is 405. The summed E-state index contributed by atoms with van der Waals surface area (Å²) in [6.07, 6.45) is 3.24. The number of aromatic nitrogens is 2. The summed E-state index contributed by atoms with van der Waals surface area (Å²) in [7, 11) is 0. The van der Waals surface area contributed by atoms with E-state index in [-0.39, 0.29) is 18.0 Å². The van der Waals surface area contributed by atoms with E-state index in [1.165, 1.54) is 0 Å². The number of nitrogens with zero attached hydrogens (tertiary/aromatic N) is 2. The lowest BCUT2D eigenvalue weighted by Gasteiger charge is -2.17. The lowest BCUT2D eigenvalue weighted by Crippen LogP contribution is -2.35. The molecule has 0 bridgehead atoms. The SMILES string of the molecule is CCNC(=O)c1ccc(NC2CCCC2N)nn1. The third kappa shape index (κ3) is 2.95. The zero-order chi connectivity index (χ0) is 13.0. The van der Waals surface area contributed by atoms with Crippen LogP contribution in [0.5, 0.6) is 0 Å². The molecule has 1 saturated carbocycles. The van der Waals surface area contributed by atoms with Crippen LogP contribution >= 0.6 is 0 Å². The zero-order valence-electron chi connectivity index (χ0n) is 10.5. The summed E-state index contributed by atoms with van der Waals surface area (Å²) in [5.41, 5.74) is 6.30. The Hall–Kier alpha value is -1.69. The molecule has 6 nitrogen and oxygen atoms in total. The second-order valence-electron chi connectivity index (χ2n) is 4.51. The first-order valence-corrected chi connectivity index (χ1v) is 6.34. The van der Waals surface area contributed by atoms with Crippen LogP contribution in [0.4, 0.5) is 5.82 Å². The number of nitrogens with two attached hydrogens (primary N) is 1. The number of rotatable bonds is 4. The second-order valence-corrected chi connectivity index (χ2v) is 4.51. The van der Waals surface area contributed by atoms with Crippen LogP contribution in [-0.4, -0.2) is 34.7 Å². The van der Waals surface area contributed by atoms with Gasteiger partial charge in [0.25, 0.3) is 5.91 Å². The predicted octanol–water partition coefficient (Wildman–Crippen LogP) is 0.518. The van der Waals surface area contributed by atoms with Crippen LogP contribution in [0, 0.1) is 0 Å². The van der Waals surface area contributed by atoms with Crippen molar-refractivity contribution in [2.75, 3.05) is 11.9 Å². The molecule has 1 fully saturated rings. The summed E-state index contributed by atoms with van der Waals surface area (Å²) < 4.78 is 0. The molecule has 0 aromatic carbocycles. The summed E-state index contributed by atoms with van der Waals surface area (Å²) in [4.78, 5) is 11.5. The summed E-state index contributed by atoms with van der Waals surface area (Å²) >= 11 is 0. The van der Waals surface area contributed by atoms with Crippen molar-refractivity contribution in [2.45, 2.75) is 38.3 Å². The van der Waals surface area contributed by atoms with Gasteiger partial charge in [-0.1, -0.05) is 0 Å². The molecule has 0 radical (unpaired) electrons. The maximum Gasteiger partial charge on any atom is 0.271 e. The largest absolute Gasteiger partial charge is 0.364 e. The molecule has 1 aromatic heterocycles. The molecular formula is C12H19N5O. The fourth-order valence-electron chi connectivity index (χ4n) is 2.14. The van der Waals surface area contributed by atoms with Crippen LogP contribution < -0.4 is 16.4 Å². The minimum atomic E-state index is -0.200. The van der Waals surface area contributed by atoms with E-state index < -0.39 is 0 Å². The Balaban J connectivity index is 1.97. The second kappa shape index (κ2) is 5.77. The molecule has 2 unspecified atom stereocenters. The van der Waals surface area contributed by atoms with Gasteiger partial charge in [0.15, 0.2) is 5.69 Å². The Morgan fingerprint density at radius 3 is 2.83 bits per heavy atom. The van der Waals surface area contributed by atoms with Gasteiger partial charge in [0.1, 0.15) is 5.82 Å². The Labute approximate surface area is 106 Å². The van der Waals surface area contributed by atoms with Crippen LogP contribution in [-0.2, 0) is 0 Å². The number of hydrogen-bond acceptors (Lipinski definition) is 5. The van der Waals surface area contributed by atoms with Crippen LogP contribution in [0.2, 0.25) is 0 Å². The average Bonchev–Trinajstić information content (AvgIpc) is 2.76. The number of amides is 1. The first-order valence-electron chi connectivity index (χ1n) is 6.34. The predicted molar refractivity (Wildman–Crippen MR) is 69.3 cm³/mol. The molecule has 0 aliphatic heterocycles. The molecule has 2 rings (SSSR count). The van der Waals surface area contributed by atoms with E-state index in [4.69, 9.17) is 5.73 Å². The fourth-order valence-corrected chi connectivity index (χ4v) is 2.14. The highest BCUT2D eigenvalue weighted by Gasteiger charge is 2.23. The van der Waals surface area contributed by atoms with Gasteiger partial charge in [-0.25, -0.2) is 0 Å². The van der Waals surface area contributed by atoms with Crippen LogP contribution in [0.3, 0.4) is 0 Å². The number of carbonyl (C=O) groups excluding carboxylic acids is 1. The van der Waals surface area contributed by atoms with Crippen molar-refractivity contribution < 1.29 is 4.79 Å². The molecule has 18 heavy (non-hydrogen) atoms. The van der Waals surface area contributed by atoms with Gasteiger partial charge in [-0.05, 0) is 38.3 Å². The molecule has 1 aliphatic carbocycles. The number of hydrogen-bond donors (Lipinski definition) is 3. The van der Waals surface area contributed by atoms with Gasteiger partial charge in [0, 0.05) is 18.6 Å². The van der Waals surface area contributed by atoms with E-state index in [1.54, 1.807) is 12.1 Å². The van der Waals surface area contributed by atoms with E-state index in [1.807, 2.05) is 6.92 Å². The maximum absolute atomic E-state index is 11.5. The third-order valence-electron chi connectivity index (χ3n) is 3.14. The number of anilines is 1. The van der Waals surface area contributed by atoms with Crippen LogP contribution in [0.25, 0.3) is 0 Å². The summed E-state index contributed by atoms with van der Waals surface area (Å²) in [5.74, 6) is 0.472. The quantitative estimate of drug-likeness (QED) is 0.723. The van der Waals surface area contributed by atoms with Gasteiger partial charge in [0.05, 0.1) is 0 Å².